The smallest absolute Gasteiger partial charge is 0.335 e. The number of ether oxygens (including phenoxy) is 5. The van der Waals surface area contributed by atoms with Crippen LogP contribution in [0, 0.1) is 0 Å². The highest BCUT2D eigenvalue weighted by atomic mass is 16.7. The van der Waals surface area contributed by atoms with Gasteiger partial charge in [0.25, 0.3) is 0 Å². The molecule has 1 heterocycles. The Morgan fingerprint density at radius 2 is 0.818 bits per heavy atom. The average Bonchev–Trinajstić information content (AvgIpc) is 3.43. The van der Waals surface area contributed by atoms with Gasteiger partial charge in [0.2, 0.25) is 0 Å². The maximum absolute atomic E-state index is 13.2. The third-order valence-corrected chi connectivity index (χ3v) is 13.7. The lowest BCUT2D eigenvalue weighted by atomic mass is 9.98. The Labute approximate surface area is 468 Å². The number of hydrogen-bond acceptors (Lipinski definition) is 11. The van der Waals surface area contributed by atoms with Crippen LogP contribution in [0.3, 0.4) is 0 Å². The van der Waals surface area contributed by atoms with Crippen LogP contribution in [0.1, 0.15) is 265 Å². The highest BCUT2D eigenvalue weighted by Gasteiger charge is 2.50. The molecule has 0 aromatic heterocycles. The molecule has 442 valence electrons. The van der Waals surface area contributed by atoms with Gasteiger partial charge in [0, 0.05) is 19.3 Å². The molecule has 6 atom stereocenters. The van der Waals surface area contributed by atoms with Gasteiger partial charge in [-0.1, -0.05) is 209 Å². The van der Waals surface area contributed by atoms with Gasteiger partial charge < -0.3 is 39.0 Å². The second-order valence-corrected chi connectivity index (χ2v) is 20.9. The topological polar surface area (TPSA) is 175 Å². The fourth-order valence-corrected chi connectivity index (χ4v) is 9.00. The van der Waals surface area contributed by atoms with Gasteiger partial charge in [0.1, 0.15) is 18.8 Å². The van der Waals surface area contributed by atoms with Crippen LogP contribution < -0.4 is 0 Å². The van der Waals surface area contributed by atoms with E-state index >= 15 is 0 Å². The summed E-state index contributed by atoms with van der Waals surface area (Å²) >= 11 is 0. The predicted molar refractivity (Wildman–Crippen MR) is 312 cm³/mol. The van der Waals surface area contributed by atoms with E-state index in [1.165, 1.54) is 77.0 Å². The van der Waals surface area contributed by atoms with Crippen molar-refractivity contribution in [2.45, 2.75) is 302 Å². The number of carbonyl (C=O) groups excluding carboxylic acids is 3. The zero-order valence-corrected chi connectivity index (χ0v) is 48.7. The molecule has 12 heteroatoms. The fraction of sp³-hybridized carbons (Fsp3) is 0.754. The molecule has 0 radical (unpaired) electrons. The van der Waals surface area contributed by atoms with E-state index in [2.05, 4.69) is 93.7 Å². The molecule has 1 aliphatic rings. The Morgan fingerprint density at radius 3 is 1.29 bits per heavy atom. The number of allylic oxidation sites excluding steroid dienone is 12. The van der Waals surface area contributed by atoms with Crippen molar-refractivity contribution in [3.8, 4) is 0 Å². The van der Waals surface area contributed by atoms with Gasteiger partial charge in [0.15, 0.2) is 24.6 Å². The molecule has 1 rings (SSSR count). The van der Waals surface area contributed by atoms with E-state index in [-0.39, 0.29) is 25.9 Å². The molecule has 1 aliphatic heterocycles. The zero-order valence-electron chi connectivity index (χ0n) is 48.7. The van der Waals surface area contributed by atoms with Crippen molar-refractivity contribution in [3.63, 3.8) is 0 Å². The minimum absolute atomic E-state index is 0.0379. The molecular formula is C65H110O12. The predicted octanol–water partition coefficient (Wildman–Crippen LogP) is 16.1. The summed E-state index contributed by atoms with van der Waals surface area (Å²) in [6.45, 7) is 5.84. The van der Waals surface area contributed by atoms with Crippen LogP contribution in [-0.4, -0.2) is 89.2 Å². The number of unbranched alkanes of at least 4 members (excludes halogenated alkanes) is 26. The van der Waals surface area contributed by atoms with Crippen molar-refractivity contribution in [2.75, 3.05) is 13.2 Å². The highest BCUT2D eigenvalue weighted by molar-refractivity contribution is 5.74. The van der Waals surface area contributed by atoms with Crippen LogP contribution in [0.5, 0.6) is 0 Å². The molecule has 1 fully saturated rings. The summed E-state index contributed by atoms with van der Waals surface area (Å²) in [6.07, 6.45) is 54.3. The fourth-order valence-electron chi connectivity index (χ4n) is 9.00. The van der Waals surface area contributed by atoms with E-state index in [1.807, 2.05) is 0 Å². The highest BCUT2D eigenvalue weighted by Crippen LogP contribution is 2.26. The van der Waals surface area contributed by atoms with Crippen molar-refractivity contribution in [3.05, 3.63) is 72.9 Å². The summed E-state index contributed by atoms with van der Waals surface area (Å²) in [4.78, 5) is 51.2. The lowest BCUT2D eigenvalue weighted by Crippen LogP contribution is -2.61. The largest absolute Gasteiger partial charge is 0.479 e. The van der Waals surface area contributed by atoms with Crippen molar-refractivity contribution >= 4 is 23.9 Å². The first-order valence-corrected chi connectivity index (χ1v) is 30.9. The number of aliphatic carboxylic acids is 1. The van der Waals surface area contributed by atoms with E-state index in [9.17, 15) is 34.5 Å². The Bertz CT molecular complexity index is 1620. The van der Waals surface area contributed by atoms with E-state index in [4.69, 9.17) is 23.7 Å². The Kier molecular flexibility index (Phi) is 48.8. The zero-order chi connectivity index (χ0) is 56.1. The van der Waals surface area contributed by atoms with Crippen molar-refractivity contribution in [1.82, 2.24) is 0 Å². The monoisotopic (exact) mass is 1080 g/mol. The van der Waals surface area contributed by atoms with E-state index in [1.54, 1.807) is 0 Å². The van der Waals surface area contributed by atoms with Crippen molar-refractivity contribution in [2.24, 2.45) is 0 Å². The van der Waals surface area contributed by atoms with Gasteiger partial charge in [-0.05, 0) is 109 Å². The maximum atomic E-state index is 13.2. The summed E-state index contributed by atoms with van der Waals surface area (Å²) in [5.41, 5.74) is 0. The number of hydrogen-bond donors (Lipinski definition) is 3. The van der Waals surface area contributed by atoms with Crippen molar-refractivity contribution in [1.29, 1.82) is 0 Å². The van der Waals surface area contributed by atoms with E-state index < -0.39 is 67.3 Å². The standard InChI is InChI=1S/C65H110O12/c1-4-7-10-13-16-19-22-25-28-29-32-33-36-39-42-45-48-51-57(66)73-54-56(75-58(67)52-49-46-43-40-37-34-30-26-23-20-17-14-11-8-5-2)55-74-65-63(61(70)60(69)62(77-65)64(71)72)76-59(68)53-50-47-44-41-38-35-31-27-24-21-18-15-12-9-6-3/h9,12,16,18-19,21,25-28,30-31,56,60-63,65,69-70H,4-8,10-11,13-15,17,20,22-24,29,32-55H2,1-3H3,(H,71,72)/b12-9-,19-16-,21-18-,28-25-,30-26-,31-27-. The summed E-state index contributed by atoms with van der Waals surface area (Å²) in [5.74, 6) is -3.16. The summed E-state index contributed by atoms with van der Waals surface area (Å²) in [6, 6.07) is 0. The van der Waals surface area contributed by atoms with Gasteiger partial charge in [-0.25, -0.2) is 4.79 Å². The van der Waals surface area contributed by atoms with Crippen LogP contribution >= 0.6 is 0 Å². The molecular weight excluding hydrogens is 973 g/mol. The first-order valence-electron chi connectivity index (χ1n) is 30.9. The number of carbonyl (C=O) groups is 4. The lowest BCUT2D eigenvalue weighted by Gasteiger charge is -2.40. The number of rotatable bonds is 52. The van der Waals surface area contributed by atoms with Gasteiger partial charge in [-0.2, -0.15) is 0 Å². The molecule has 3 N–H and O–H groups in total. The minimum atomic E-state index is -1.91. The second kappa shape index (κ2) is 52.8. The molecule has 1 saturated heterocycles. The van der Waals surface area contributed by atoms with Gasteiger partial charge >= 0.3 is 23.9 Å². The summed E-state index contributed by atoms with van der Waals surface area (Å²) < 4.78 is 28.5. The minimum Gasteiger partial charge on any atom is -0.479 e. The molecule has 0 aromatic rings. The average molecular weight is 1080 g/mol. The van der Waals surface area contributed by atoms with Gasteiger partial charge in [-0.15, -0.1) is 0 Å². The van der Waals surface area contributed by atoms with Crippen LogP contribution in [0.25, 0.3) is 0 Å². The maximum Gasteiger partial charge on any atom is 0.335 e. The van der Waals surface area contributed by atoms with Crippen LogP contribution in [-0.2, 0) is 42.9 Å². The Morgan fingerprint density at radius 1 is 0.442 bits per heavy atom. The second-order valence-electron chi connectivity index (χ2n) is 20.9. The molecule has 0 saturated carbocycles. The molecule has 77 heavy (non-hydrogen) atoms. The quantitative estimate of drug-likeness (QED) is 0.0228. The SMILES string of the molecule is CC/C=C\C/C=C\C/C=C\CCCCCCCC(=O)OC1C(OCC(COC(=O)CCCCCCCCC/C=C\C/C=C\CCCCC)OC(=O)CCCCCCC/C=C\CCCCCCCC)OC(C(=O)O)C(O)C1O. The molecule has 0 bridgehead atoms. The van der Waals surface area contributed by atoms with Gasteiger partial charge in [0.05, 0.1) is 6.61 Å². The lowest BCUT2D eigenvalue weighted by molar-refractivity contribution is -0.301. The first-order chi connectivity index (χ1) is 37.6. The number of esters is 3. The van der Waals surface area contributed by atoms with Crippen LogP contribution in [0.2, 0.25) is 0 Å². The summed E-state index contributed by atoms with van der Waals surface area (Å²) in [7, 11) is 0. The molecule has 0 aliphatic carbocycles. The normalized spacial score (nSPS) is 18.5. The Balaban J connectivity index is 2.70. The molecule has 12 nitrogen and oxygen atoms in total. The third kappa shape index (κ3) is 42.7. The number of carboxylic acids is 1. The molecule has 0 spiro atoms. The van der Waals surface area contributed by atoms with Crippen LogP contribution in [0.15, 0.2) is 72.9 Å². The molecule has 0 aromatic carbocycles. The van der Waals surface area contributed by atoms with E-state index in [0.29, 0.717) is 19.3 Å². The van der Waals surface area contributed by atoms with Crippen molar-refractivity contribution < 1.29 is 58.2 Å². The third-order valence-electron chi connectivity index (χ3n) is 13.7. The molecule has 6 unspecified atom stereocenters. The number of aliphatic hydroxyl groups excluding tert-OH is 2. The molecule has 0 amide bonds. The number of aliphatic hydroxyl groups is 2. The van der Waals surface area contributed by atoms with Gasteiger partial charge in [-0.3, -0.25) is 14.4 Å². The Hall–Kier alpha value is -3.84. The first kappa shape index (κ1) is 71.2. The van der Waals surface area contributed by atoms with Crippen LogP contribution in [0.4, 0.5) is 0 Å². The number of carboxylic acid groups (broad SMARTS) is 1. The summed E-state index contributed by atoms with van der Waals surface area (Å²) in [5, 5.41) is 31.5. The van der Waals surface area contributed by atoms with E-state index in [0.717, 1.165) is 128 Å².